The van der Waals surface area contributed by atoms with Crippen molar-refractivity contribution in [1.29, 1.82) is 0 Å². The third-order valence-corrected chi connectivity index (χ3v) is 5.58. The number of rotatable bonds is 4. The molecule has 1 aliphatic heterocycles. The summed E-state index contributed by atoms with van der Waals surface area (Å²) in [6.07, 6.45) is 1.64. The minimum atomic E-state index is -3.68. The lowest BCUT2D eigenvalue weighted by Crippen LogP contribution is -2.48. The molecule has 0 atom stereocenters. The molecule has 0 aromatic carbocycles. The largest absolute Gasteiger partial charge is 0.380 e. The van der Waals surface area contributed by atoms with Crippen molar-refractivity contribution >= 4 is 37.9 Å². The smallest absolute Gasteiger partial charge is 0.259 e. The van der Waals surface area contributed by atoms with E-state index in [-0.39, 0.29) is 15.6 Å². The number of nitrogens with zero attached hydrogens (tertiary/aromatic N) is 2. The van der Waals surface area contributed by atoms with Crippen LogP contribution in [0.25, 0.3) is 4.96 Å². The number of hydrogen-bond acceptors (Lipinski definition) is 5. The molecule has 0 bridgehead atoms. The van der Waals surface area contributed by atoms with Crippen molar-refractivity contribution in [2.24, 2.45) is 5.41 Å². The van der Waals surface area contributed by atoms with Crippen LogP contribution < -0.4 is 4.72 Å². The van der Waals surface area contributed by atoms with Crippen LogP contribution in [0.4, 0.5) is 0 Å². The van der Waals surface area contributed by atoms with Crippen molar-refractivity contribution in [2.45, 2.75) is 11.9 Å². The van der Waals surface area contributed by atoms with Crippen molar-refractivity contribution in [1.82, 2.24) is 14.1 Å². The fraction of sp³-hybridized carbons (Fsp3) is 0.500. The molecule has 0 saturated carbocycles. The van der Waals surface area contributed by atoms with Crippen LogP contribution in [-0.2, 0) is 14.8 Å². The quantitative estimate of drug-likeness (QED) is 0.923. The van der Waals surface area contributed by atoms with Gasteiger partial charge in [-0.25, -0.2) is 18.1 Å². The molecular weight excluding hydrogens is 310 g/mol. The maximum atomic E-state index is 12.3. The zero-order valence-electron chi connectivity index (χ0n) is 10.1. The molecule has 2 aromatic heterocycles. The van der Waals surface area contributed by atoms with E-state index < -0.39 is 10.0 Å². The van der Waals surface area contributed by atoms with Crippen LogP contribution in [-0.4, -0.2) is 37.6 Å². The van der Waals surface area contributed by atoms with Crippen LogP contribution in [0.2, 0.25) is 5.15 Å². The molecular formula is C10H12ClN3O3S2. The van der Waals surface area contributed by atoms with Gasteiger partial charge in [0.05, 0.1) is 13.2 Å². The van der Waals surface area contributed by atoms with Gasteiger partial charge in [-0.1, -0.05) is 18.5 Å². The average molecular weight is 322 g/mol. The molecule has 104 valence electrons. The standard InChI is InChI=1S/C10H12ClN3O3S2/c1-10(5-17-6-10)4-12-19(15,16)8-7(11)13-9-14(8)2-3-18-9/h2-3,12H,4-6H2,1H3. The number of halogens is 1. The number of aromatic nitrogens is 2. The summed E-state index contributed by atoms with van der Waals surface area (Å²) in [7, 11) is -3.68. The minimum Gasteiger partial charge on any atom is -0.380 e. The summed E-state index contributed by atoms with van der Waals surface area (Å²) >= 11 is 7.26. The Balaban J connectivity index is 1.91. The van der Waals surface area contributed by atoms with E-state index in [1.54, 1.807) is 11.6 Å². The van der Waals surface area contributed by atoms with E-state index >= 15 is 0 Å². The first-order valence-electron chi connectivity index (χ1n) is 5.60. The molecule has 0 amide bonds. The number of imidazole rings is 1. The lowest BCUT2D eigenvalue weighted by atomic mass is 9.89. The van der Waals surface area contributed by atoms with E-state index in [1.165, 1.54) is 15.7 Å². The molecule has 19 heavy (non-hydrogen) atoms. The Morgan fingerprint density at radius 2 is 2.37 bits per heavy atom. The van der Waals surface area contributed by atoms with Gasteiger partial charge in [0, 0.05) is 23.5 Å². The van der Waals surface area contributed by atoms with Crippen LogP contribution >= 0.6 is 22.9 Å². The van der Waals surface area contributed by atoms with E-state index in [0.29, 0.717) is 24.7 Å². The summed E-state index contributed by atoms with van der Waals surface area (Å²) in [6.45, 7) is 3.41. The van der Waals surface area contributed by atoms with Crippen molar-refractivity contribution in [2.75, 3.05) is 19.8 Å². The maximum Gasteiger partial charge on any atom is 0.259 e. The van der Waals surface area contributed by atoms with Crippen LogP contribution in [0, 0.1) is 5.41 Å². The number of hydrogen-bond donors (Lipinski definition) is 1. The molecule has 0 unspecified atom stereocenters. The minimum absolute atomic E-state index is 0.00522. The molecule has 3 heterocycles. The third kappa shape index (κ3) is 2.27. The van der Waals surface area contributed by atoms with Gasteiger partial charge in [0.25, 0.3) is 10.0 Å². The first kappa shape index (κ1) is 13.3. The van der Waals surface area contributed by atoms with Crippen molar-refractivity contribution in [3.63, 3.8) is 0 Å². The Morgan fingerprint density at radius 1 is 1.63 bits per heavy atom. The third-order valence-electron chi connectivity index (χ3n) is 3.02. The van der Waals surface area contributed by atoms with Gasteiger partial charge in [0.1, 0.15) is 0 Å². The summed E-state index contributed by atoms with van der Waals surface area (Å²) in [6, 6.07) is 0. The topological polar surface area (TPSA) is 72.7 Å². The Hall–Kier alpha value is -0.670. The zero-order valence-corrected chi connectivity index (χ0v) is 12.5. The summed E-state index contributed by atoms with van der Waals surface area (Å²) in [5, 5.41) is 1.75. The van der Waals surface area contributed by atoms with Gasteiger partial charge >= 0.3 is 0 Å². The molecule has 0 aliphatic carbocycles. The monoisotopic (exact) mass is 321 g/mol. The summed E-state index contributed by atoms with van der Waals surface area (Å²) in [4.78, 5) is 4.58. The molecule has 0 radical (unpaired) electrons. The van der Waals surface area contributed by atoms with Crippen molar-refractivity contribution in [3.05, 3.63) is 16.7 Å². The molecule has 2 aromatic rings. The van der Waals surface area contributed by atoms with Gasteiger partial charge < -0.3 is 4.74 Å². The van der Waals surface area contributed by atoms with Crippen LogP contribution in [0.15, 0.2) is 16.6 Å². The highest BCUT2D eigenvalue weighted by molar-refractivity contribution is 7.89. The molecule has 6 nitrogen and oxygen atoms in total. The predicted octanol–water partition coefficient (Wildman–Crippen LogP) is 1.36. The number of nitrogens with one attached hydrogen (secondary N) is 1. The van der Waals surface area contributed by atoms with Gasteiger partial charge in [-0.3, -0.25) is 4.40 Å². The highest BCUT2D eigenvalue weighted by atomic mass is 35.5. The number of thiazole rings is 1. The van der Waals surface area contributed by atoms with Gasteiger partial charge in [-0.15, -0.1) is 11.3 Å². The molecule has 0 spiro atoms. The van der Waals surface area contributed by atoms with Gasteiger partial charge in [-0.2, -0.15) is 0 Å². The zero-order chi connectivity index (χ0) is 13.7. The first-order valence-corrected chi connectivity index (χ1v) is 8.34. The van der Waals surface area contributed by atoms with Gasteiger partial charge in [-0.05, 0) is 0 Å². The number of ether oxygens (including phenoxy) is 1. The second-order valence-corrected chi connectivity index (χ2v) is 7.80. The number of fused-ring (bicyclic) bond motifs is 1. The normalized spacial score (nSPS) is 18.6. The Morgan fingerprint density at radius 3 is 3.00 bits per heavy atom. The van der Waals surface area contributed by atoms with E-state index in [2.05, 4.69) is 9.71 Å². The Bertz CT molecular complexity index is 718. The summed E-state index contributed by atoms with van der Waals surface area (Å²) < 4.78 is 33.8. The highest BCUT2D eigenvalue weighted by Crippen LogP contribution is 2.28. The summed E-state index contributed by atoms with van der Waals surface area (Å²) in [5.41, 5.74) is -0.141. The maximum absolute atomic E-state index is 12.3. The fourth-order valence-electron chi connectivity index (χ4n) is 1.87. The second kappa shape index (κ2) is 4.42. The van der Waals surface area contributed by atoms with Gasteiger partial charge in [0.2, 0.25) is 0 Å². The predicted molar refractivity (Wildman–Crippen MR) is 72.2 cm³/mol. The van der Waals surface area contributed by atoms with Crippen LogP contribution in [0.3, 0.4) is 0 Å². The number of sulfonamides is 1. The van der Waals surface area contributed by atoms with E-state index in [1.807, 2.05) is 6.92 Å². The fourth-order valence-corrected chi connectivity index (χ4v) is 4.52. The molecule has 1 N–H and O–H groups in total. The lowest BCUT2D eigenvalue weighted by Gasteiger charge is -2.37. The molecule has 1 aliphatic rings. The molecule has 9 heteroatoms. The Kier molecular flexibility index (Phi) is 3.10. The molecule has 1 fully saturated rings. The summed E-state index contributed by atoms with van der Waals surface area (Å²) in [5.74, 6) is 0. The SMILES string of the molecule is CC1(CNS(=O)(=O)c2c(Cl)nc3sccn23)COC1. The lowest BCUT2D eigenvalue weighted by molar-refractivity contribution is -0.0965. The van der Waals surface area contributed by atoms with Crippen molar-refractivity contribution in [3.8, 4) is 0 Å². The second-order valence-electron chi connectivity index (χ2n) is 4.89. The van der Waals surface area contributed by atoms with Crippen molar-refractivity contribution < 1.29 is 13.2 Å². The highest BCUT2D eigenvalue weighted by Gasteiger charge is 2.35. The van der Waals surface area contributed by atoms with E-state index in [0.717, 1.165) is 0 Å². The van der Waals surface area contributed by atoms with E-state index in [4.69, 9.17) is 16.3 Å². The van der Waals surface area contributed by atoms with E-state index in [9.17, 15) is 8.42 Å². The first-order chi connectivity index (χ1) is 8.91. The van der Waals surface area contributed by atoms with Crippen LogP contribution in [0.1, 0.15) is 6.92 Å². The Labute approximate surface area is 119 Å². The van der Waals surface area contributed by atoms with Crippen LogP contribution in [0.5, 0.6) is 0 Å². The molecule has 1 saturated heterocycles. The average Bonchev–Trinajstić information content (AvgIpc) is 2.82. The van der Waals surface area contributed by atoms with Gasteiger partial charge in [0.15, 0.2) is 15.1 Å². The molecule has 3 rings (SSSR count).